The van der Waals surface area contributed by atoms with E-state index in [1.54, 1.807) is 26.0 Å². The molecule has 0 bridgehead atoms. The number of hydrogen-bond acceptors (Lipinski definition) is 3. The summed E-state index contributed by atoms with van der Waals surface area (Å²) in [5.41, 5.74) is 0. The van der Waals surface area contributed by atoms with Crippen LogP contribution < -0.4 is 0 Å². The van der Waals surface area contributed by atoms with E-state index in [9.17, 15) is 4.57 Å². The minimum atomic E-state index is -3.26. The van der Waals surface area contributed by atoms with Gasteiger partial charge in [-0.15, -0.1) is 0 Å². The number of rotatable bonds is 6. The van der Waals surface area contributed by atoms with Gasteiger partial charge in [-0.2, -0.15) is 0 Å². The van der Waals surface area contributed by atoms with E-state index in [0.717, 1.165) is 0 Å². The van der Waals surface area contributed by atoms with Crippen molar-refractivity contribution in [3.8, 4) is 0 Å². The van der Waals surface area contributed by atoms with Gasteiger partial charge in [0.15, 0.2) is 0 Å². The van der Waals surface area contributed by atoms with Gasteiger partial charge in [-0.25, -0.2) is 0 Å². The molecule has 0 aromatic carbocycles. The summed E-state index contributed by atoms with van der Waals surface area (Å²) in [6.07, 6.45) is 4.99. The third kappa shape index (κ3) is 4.43. The summed E-state index contributed by atoms with van der Waals surface area (Å²) in [7, 11) is -3.26. The molecule has 5 heteroatoms. The first-order valence-corrected chi connectivity index (χ1v) is 6.41. The van der Waals surface area contributed by atoms with Crippen molar-refractivity contribution < 1.29 is 13.6 Å². The molecule has 0 saturated carbocycles. The van der Waals surface area contributed by atoms with Gasteiger partial charge in [-0.05, 0) is 26.8 Å². The molecule has 0 fully saturated rings. The molecule has 0 aromatic rings. The molecule has 0 heterocycles. The van der Waals surface area contributed by atoms with Crippen molar-refractivity contribution in [1.29, 1.82) is 0 Å². The zero-order chi connectivity index (χ0) is 11.0. The molecule has 0 aliphatic rings. The largest absolute Gasteiger partial charge is 0.372 e. The fourth-order valence-electron chi connectivity index (χ4n) is 0.767. The standard InChI is InChI=1S/C9H16ClO3P/c1-4-7-8-9(10)14(11,12-5-2)13-6-3/h4,7-8H,5-6H2,1-3H3/b7-4+,9-8+. The summed E-state index contributed by atoms with van der Waals surface area (Å²) in [5.74, 6) is 0. The van der Waals surface area contributed by atoms with Crippen molar-refractivity contribution in [2.24, 2.45) is 0 Å². The van der Waals surface area contributed by atoms with E-state index in [-0.39, 0.29) is 4.77 Å². The zero-order valence-electron chi connectivity index (χ0n) is 8.70. The molecule has 0 spiro atoms. The van der Waals surface area contributed by atoms with Crippen LogP contribution in [0.2, 0.25) is 0 Å². The highest BCUT2D eigenvalue weighted by Crippen LogP contribution is 2.57. The molecule has 0 N–H and O–H groups in total. The van der Waals surface area contributed by atoms with Crippen LogP contribution in [-0.2, 0) is 13.6 Å². The van der Waals surface area contributed by atoms with E-state index in [1.807, 2.05) is 6.92 Å². The maximum Gasteiger partial charge on any atom is 0.372 e. The summed E-state index contributed by atoms with van der Waals surface area (Å²) in [5, 5.41) is 0. The molecule has 0 amide bonds. The van der Waals surface area contributed by atoms with E-state index in [2.05, 4.69) is 0 Å². The Hall–Kier alpha value is -0.0800. The van der Waals surface area contributed by atoms with Crippen LogP contribution in [0.4, 0.5) is 0 Å². The summed E-state index contributed by atoms with van der Waals surface area (Å²) in [6, 6.07) is 0. The summed E-state index contributed by atoms with van der Waals surface area (Å²) >= 11 is 5.82. The quantitative estimate of drug-likeness (QED) is 0.520. The first kappa shape index (κ1) is 13.9. The molecule has 0 aliphatic carbocycles. The Morgan fingerprint density at radius 2 is 1.86 bits per heavy atom. The second-order valence-corrected chi connectivity index (χ2v) is 5.01. The lowest BCUT2D eigenvalue weighted by atomic mass is 10.5. The second-order valence-electron chi connectivity index (χ2n) is 2.35. The van der Waals surface area contributed by atoms with E-state index in [1.165, 1.54) is 6.08 Å². The van der Waals surface area contributed by atoms with Crippen molar-refractivity contribution in [3.05, 3.63) is 23.0 Å². The monoisotopic (exact) mass is 238 g/mol. The third-order valence-corrected chi connectivity index (χ3v) is 3.90. The zero-order valence-corrected chi connectivity index (χ0v) is 10.3. The van der Waals surface area contributed by atoms with Crippen molar-refractivity contribution in [2.45, 2.75) is 20.8 Å². The van der Waals surface area contributed by atoms with E-state index < -0.39 is 7.60 Å². The van der Waals surface area contributed by atoms with Gasteiger partial charge in [0.1, 0.15) is 4.77 Å². The van der Waals surface area contributed by atoms with Gasteiger partial charge in [0.25, 0.3) is 0 Å². The van der Waals surface area contributed by atoms with E-state index in [0.29, 0.717) is 13.2 Å². The molecule has 0 aliphatic heterocycles. The lowest BCUT2D eigenvalue weighted by Crippen LogP contribution is -1.95. The minimum Gasteiger partial charge on any atom is -0.305 e. The van der Waals surface area contributed by atoms with Gasteiger partial charge >= 0.3 is 7.60 Å². The number of allylic oxidation sites excluding steroid dienone is 3. The molecule has 0 radical (unpaired) electrons. The molecule has 82 valence electrons. The predicted molar refractivity (Wildman–Crippen MR) is 59.6 cm³/mol. The summed E-state index contributed by atoms with van der Waals surface area (Å²) < 4.78 is 22.1. The fourth-order valence-corrected chi connectivity index (χ4v) is 2.40. The van der Waals surface area contributed by atoms with Gasteiger partial charge in [0.2, 0.25) is 0 Å². The van der Waals surface area contributed by atoms with E-state index >= 15 is 0 Å². The summed E-state index contributed by atoms with van der Waals surface area (Å²) in [6.45, 7) is 5.93. The average molecular weight is 239 g/mol. The number of hydrogen-bond donors (Lipinski definition) is 0. The Balaban J connectivity index is 4.71. The van der Waals surface area contributed by atoms with Crippen molar-refractivity contribution in [3.63, 3.8) is 0 Å². The Morgan fingerprint density at radius 3 is 2.21 bits per heavy atom. The Morgan fingerprint density at radius 1 is 1.36 bits per heavy atom. The highest BCUT2D eigenvalue weighted by molar-refractivity contribution is 7.61. The lowest BCUT2D eigenvalue weighted by molar-refractivity contribution is 0.228. The molecule has 0 atom stereocenters. The van der Waals surface area contributed by atoms with Crippen LogP contribution in [0.5, 0.6) is 0 Å². The van der Waals surface area contributed by atoms with Gasteiger partial charge < -0.3 is 9.05 Å². The smallest absolute Gasteiger partial charge is 0.305 e. The third-order valence-electron chi connectivity index (χ3n) is 1.29. The van der Waals surface area contributed by atoms with Crippen LogP contribution >= 0.6 is 19.2 Å². The van der Waals surface area contributed by atoms with Crippen LogP contribution in [0.25, 0.3) is 0 Å². The first-order valence-electron chi connectivity index (χ1n) is 4.48. The Bertz CT molecular complexity index is 251. The van der Waals surface area contributed by atoms with Crippen LogP contribution in [-0.4, -0.2) is 13.2 Å². The molecule has 0 rings (SSSR count). The summed E-state index contributed by atoms with van der Waals surface area (Å²) in [4.78, 5) is 0. The maximum absolute atomic E-state index is 11.9. The lowest BCUT2D eigenvalue weighted by Gasteiger charge is -2.15. The first-order chi connectivity index (χ1) is 6.60. The van der Waals surface area contributed by atoms with Crippen molar-refractivity contribution in [1.82, 2.24) is 0 Å². The van der Waals surface area contributed by atoms with Crippen LogP contribution in [0.1, 0.15) is 20.8 Å². The molecular formula is C9H16ClO3P. The molecule has 0 unspecified atom stereocenters. The fraction of sp³-hybridized carbons (Fsp3) is 0.556. The van der Waals surface area contributed by atoms with Crippen molar-refractivity contribution >= 4 is 19.2 Å². The molecule has 0 aromatic heterocycles. The van der Waals surface area contributed by atoms with Gasteiger partial charge in [0, 0.05) is 0 Å². The average Bonchev–Trinajstić information content (AvgIpc) is 2.15. The van der Waals surface area contributed by atoms with Crippen LogP contribution in [0, 0.1) is 0 Å². The molecule has 14 heavy (non-hydrogen) atoms. The minimum absolute atomic E-state index is 0.110. The topological polar surface area (TPSA) is 35.5 Å². The maximum atomic E-state index is 11.9. The number of halogens is 1. The van der Waals surface area contributed by atoms with Gasteiger partial charge in [0.05, 0.1) is 13.2 Å². The highest BCUT2D eigenvalue weighted by atomic mass is 35.5. The highest BCUT2D eigenvalue weighted by Gasteiger charge is 2.27. The molecule has 0 saturated heterocycles. The van der Waals surface area contributed by atoms with Gasteiger partial charge in [-0.3, -0.25) is 4.57 Å². The van der Waals surface area contributed by atoms with E-state index in [4.69, 9.17) is 20.6 Å². The predicted octanol–water partition coefficient (Wildman–Crippen LogP) is 3.91. The normalized spacial score (nSPS) is 13.9. The van der Waals surface area contributed by atoms with Crippen molar-refractivity contribution in [2.75, 3.05) is 13.2 Å². The van der Waals surface area contributed by atoms with Crippen LogP contribution in [0.3, 0.4) is 0 Å². The van der Waals surface area contributed by atoms with Gasteiger partial charge in [-0.1, -0.05) is 23.8 Å². The second kappa shape index (κ2) is 7.24. The molecular weight excluding hydrogens is 223 g/mol. The molecule has 3 nitrogen and oxygen atoms in total. The Labute approximate surface area is 90.3 Å². The Kier molecular flexibility index (Phi) is 7.20. The van der Waals surface area contributed by atoms with Crippen LogP contribution in [0.15, 0.2) is 23.0 Å². The SMILES string of the molecule is C/C=C/C=C(\Cl)P(=O)(OCC)OCC.